The first-order valence-electron chi connectivity index (χ1n) is 6.36. The third-order valence-electron chi connectivity index (χ3n) is 2.99. The van der Waals surface area contributed by atoms with Gasteiger partial charge in [0.2, 0.25) is 0 Å². The minimum Gasteiger partial charge on any atom is -0.465 e. The monoisotopic (exact) mass is 291 g/mol. The molecule has 0 bridgehead atoms. The summed E-state index contributed by atoms with van der Waals surface area (Å²) in [5.74, 6) is -1.28. The predicted octanol–water partition coefficient (Wildman–Crippen LogP) is 3.02. The molecule has 0 radical (unpaired) electrons. The molecule has 0 aliphatic carbocycles. The largest absolute Gasteiger partial charge is 0.465 e. The van der Waals surface area contributed by atoms with E-state index in [2.05, 4.69) is 4.74 Å². The maximum Gasteiger partial charge on any atom is 0.337 e. The number of nitro groups is 1. The Bertz CT molecular complexity index is 588. The number of aldehydes is 1. The normalized spacial score (nSPS) is 11.4. The molecular formula is C15H17NO5. The highest BCUT2D eigenvalue weighted by Gasteiger charge is 2.23. The zero-order chi connectivity index (χ0) is 16.0. The van der Waals surface area contributed by atoms with Gasteiger partial charge < -0.3 is 9.53 Å². The Morgan fingerprint density at radius 2 is 2.10 bits per heavy atom. The third kappa shape index (κ3) is 4.24. The average Bonchev–Trinajstić information content (AvgIpc) is 2.46. The van der Waals surface area contributed by atoms with E-state index < -0.39 is 16.8 Å². The van der Waals surface area contributed by atoms with Crippen molar-refractivity contribution in [2.45, 2.75) is 26.2 Å². The number of rotatable bonds is 6. The fourth-order valence-electron chi connectivity index (χ4n) is 1.88. The molecule has 112 valence electrons. The molecule has 1 atom stereocenters. The molecular weight excluding hydrogens is 274 g/mol. The summed E-state index contributed by atoms with van der Waals surface area (Å²) in [6, 6.07) is 3.89. The van der Waals surface area contributed by atoms with Crippen molar-refractivity contribution in [3.8, 4) is 0 Å². The number of hydrogen-bond acceptors (Lipinski definition) is 5. The molecule has 6 heteroatoms. The second-order valence-electron chi connectivity index (χ2n) is 4.78. The number of hydrogen-bond donors (Lipinski definition) is 0. The summed E-state index contributed by atoms with van der Waals surface area (Å²) in [6.45, 7) is 3.75. The van der Waals surface area contributed by atoms with Gasteiger partial charge in [-0.15, -0.1) is 0 Å². The van der Waals surface area contributed by atoms with Gasteiger partial charge in [-0.2, -0.15) is 0 Å². The minimum absolute atomic E-state index is 0.179. The Morgan fingerprint density at radius 3 is 2.57 bits per heavy atom. The molecule has 0 aliphatic rings. The van der Waals surface area contributed by atoms with Crippen LogP contribution in [0.3, 0.4) is 0 Å². The zero-order valence-corrected chi connectivity index (χ0v) is 12.2. The molecule has 1 aromatic carbocycles. The van der Waals surface area contributed by atoms with E-state index in [1.807, 2.05) is 19.9 Å². The van der Waals surface area contributed by atoms with E-state index in [1.165, 1.54) is 25.3 Å². The summed E-state index contributed by atoms with van der Waals surface area (Å²) in [5, 5.41) is 11.1. The summed E-state index contributed by atoms with van der Waals surface area (Å²) in [4.78, 5) is 33.3. The van der Waals surface area contributed by atoms with Gasteiger partial charge in [0.15, 0.2) is 0 Å². The molecule has 1 unspecified atom stereocenters. The highest BCUT2D eigenvalue weighted by atomic mass is 16.6. The fraction of sp³-hybridized carbons (Fsp3) is 0.333. The van der Waals surface area contributed by atoms with Crippen molar-refractivity contribution in [3.63, 3.8) is 0 Å². The Morgan fingerprint density at radius 1 is 1.43 bits per heavy atom. The van der Waals surface area contributed by atoms with Crippen molar-refractivity contribution in [2.75, 3.05) is 7.11 Å². The van der Waals surface area contributed by atoms with Crippen LogP contribution in [0.5, 0.6) is 0 Å². The average molecular weight is 291 g/mol. The van der Waals surface area contributed by atoms with Crippen LogP contribution in [0, 0.1) is 10.1 Å². The summed E-state index contributed by atoms with van der Waals surface area (Å²) in [5.41, 5.74) is 1.23. The predicted molar refractivity (Wildman–Crippen MR) is 77.3 cm³/mol. The molecule has 0 aromatic heterocycles. The van der Waals surface area contributed by atoms with E-state index in [0.29, 0.717) is 12.7 Å². The van der Waals surface area contributed by atoms with Gasteiger partial charge in [-0.05, 0) is 32.4 Å². The molecule has 1 aromatic rings. The number of carbonyl (C=O) groups excluding carboxylic acids is 2. The van der Waals surface area contributed by atoms with Crippen LogP contribution < -0.4 is 0 Å². The SMILES string of the molecule is COC(=O)c1ccc([N+](=O)[O-])c(C(C=O)CC=C(C)C)c1. The van der Waals surface area contributed by atoms with Gasteiger partial charge in [0, 0.05) is 17.5 Å². The number of ether oxygens (including phenoxy) is 1. The first-order valence-corrected chi connectivity index (χ1v) is 6.36. The number of allylic oxidation sites excluding steroid dienone is 2. The standard InChI is InChI=1S/C15H17NO5/c1-10(2)4-5-12(9-17)13-8-11(15(18)21-3)6-7-14(13)16(19)20/h4,6-9,12H,5H2,1-3H3. The summed E-state index contributed by atoms with van der Waals surface area (Å²) < 4.78 is 4.59. The molecule has 0 fully saturated rings. The Labute approximate surface area is 122 Å². The van der Waals surface area contributed by atoms with E-state index in [9.17, 15) is 19.7 Å². The molecule has 0 saturated carbocycles. The quantitative estimate of drug-likeness (QED) is 0.264. The lowest BCUT2D eigenvalue weighted by atomic mass is 9.93. The number of nitro benzene ring substituents is 1. The number of nitrogens with zero attached hydrogens (tertiary/aromatic N) is 1. The lowest BCUT2D eigenvalue weighted by Gasteiger charge is -2.10. The molecule has 0 amide bonds. The topological polar surface area (TPSA) is 86.5 Å². The maximum atomic E-state index is 11.5. The van der Waals surface area contributed by atoms with Crippen LogP contribution >= 0.6 is 0 Å². The van der Waals surface area contributed by atoms with Gasteiger partial charge in [-0.1, -0.05) is 11.6 Å². The first-order chi connectivity index (χ1) is 9.90. The smallest absolute Gasteiger partial charge is 0.337 e. The second kappa shape index (κ2) is 7.33. The van der Waals surface area contributed by atoms with Crippen LogP contribution in [0.4, 0.5) is 5.69 Å². The lowest BCUT2D eigenvalue weighted by Crippen LogP contribution is -2.08. The van der Waals surface area contributed by atoms with Gasteiger partial charge in [0.25, 0.3) is 5.69 Å². The molecule has 0 spiro atoms. The highest BCUT2D eigenvalue weighted by Crippen LogP contribution is 2.29. The van der Waals surface area contributed by atoms with E-state index in [0.717, 1.165) is 5.57 Å². The van der Waals surface area contributed by atoms with Crippen LogP contribution in [0.1, 0.15) is 42.1 Å². The van der Waals surface area contributed by atoms with Crippen LogP contribution in [0.15, 0.2) is 29.8 Å². The number of benzene rings is 1. The summed E-state index contributed by atoms with van der Waals surface area (Å²) in [7, 11) is 1.23. The van der Waals surface area contributed by atoms with Crippen molar-refractivity contribution in [1.29, 1.82) is 0 Å². The Kier molecular flexibility index (Phi) is 5.78. The Hall–Kier alpha value is -2.50. The van der Waals surface area contributed by atoms with Crippen LogP contribution in [0.25, 0.3) is 0 Å². The van der Waals surface area contributed by atoms with Crippen LogP contribution in [-0.2, 0) is 9.53 Å². The van der Waals surface area contributed by atoms with Crippen molar-refractivity contribution < 1.29 is 19.2 Å². The van der Waals surface area contributed by atoms with Crippen LogP contribution in [-0.4, -0.2) is 24.3 Å². The lowest BCUT2D eigenvalue weighted by molar-refractivity contribution is -0.385. The van der Waals surface area contributed by atoms with Crippen LogP contribution in [0.2, 0.25) is 0 Å². The van der Waals surface area contributed by atoms with Gasteiger partial charge in [-0.3, -0.25) is 10.1 Å². The summed E-state index contributed by atoms with van der Waals surface area (Å²) >= 11 is 0. The third-order valence-corrected chi connectivity index (χ3v) is 2.99. The molecule has 0 heterocycles. The van der Waals surface area contributed by atoms with Crippen molar-refractivity contribution in [3.05, 3.63) is 51.1 Å². The van der Waals surface area contributed by atoms with Gasteiger partial charge in [0.1, 0.15) is 6.29 Å². The Balaban J connectivity index is 3.33. The first kappa shape index (κ1) is 16.6. The summed E-state index contributed by atoms with van der Waals surface area (Å²) in [6.07, 6.45) is 2.83. The van der Waals surface area contributed by atoms with Gasteiger partial charge >= 0.3 is 5.97 Å². The zero-order valence-electron chi connectivity index (χ0n) is 12.2. The molecule has 1 rings (SSSR count). The molecule has 21 heavy (non-hydrogen) atoms. The number of carbonyl (C=O) groups is 2. The van der Waals surface area contributed by atoms with E-state index >= 15 is 0 Å². The molecule has 0 N–H and O–H groups in total. The minimum atomic E-state index is -0.676. The van der Waals surface area contributed by atoms with Crippen molar-refractivity contribution >= 4 is 17.9 Å². The second-order valence-corrected chi connectivity index (χ2v) is 4.78. The molecule has 0 aliphatic heterocycles. The highest BCUT2D eigenvalue weighted by molar-refractivity contribution is 5.90. The van der Waals surface area contributed by atoms with Crippen molar-refractivity contribution in [1.82, 2.24) is 0 Å². The van der Waals surface area contributed by atoms with Gasteiger partial charge in [0.05, 0.1) is 17.6 Å². The molecule has 0 saturated heterocycles. The van der Waals surface area contributed by atoms with Crippen molar-refractivity contribution in [2.24, 2.45) is 0 Å². The van der Waals surface area contributed by atoms with Gasteiger partial charge in [-0.25, -0.2) is 4.79 Å². The number of esters is 1. The van der Waals surface area contributed by atoms with E-state index in [-0.39, 0.29) is 16.8 Å². The van der Waals surface area contributed by atoms with E-state index in [1.54, 1.807) is 0 Å². The fourth-order valence-corrected chi connectivity index (χ4v) is 1.88. The molecule has 6 nitrogen and oxygen atoms in total. The van der Waals surface area contributed by atoms with E-state index in [4.69, 9.17) is 0 Å². The maximum absolute atomic E-state index is 11.5. The number of methoxy groups -OCH3 is 1.